The molecule has 0 fully saturated rings. The molecule has 0 aliphatic rings. The molecule has 108 valence electrons. The number of aryl methyl sites for hydroxylation is 1. The van der Waals surface area contributed by atoms with Crippen LogP contribution in [0, 0.1) is 31.0 Å². The van der Waals surface area contributed by atoms with E-state index in [1.54, 1.807) is 0 Å². The lowest BCUT2D eigenvalue weighted by Crippen LogP contribution is -2.13. The largest absolute Gasteiger partial charge is 0.396 e. The molecule has 3 N–H and O–H groups in total. The standard InChI is InChI=1S/C14H11BrFN3OS/c1-6-7(2)21-14(9(6)5-17)19-13(20)8-3-12(18)11(16)4-10(8)15/h3-4H,18H2,1-2H3,(H,19,20). The van der Waals surface area contributed by atoms with Crippen LogP contribution in [-0.2, 0) is 0 Å². The summed E-state index contributed by atoms with van der Waals surface area (Å²) in [5, 5.41) is 12.3. The number of nitrogen functional groups attached to an aromatic ring is 1. The van der Waals surface area contributed by atoms with Crippen molar-refractivity contribution in [2.45, 2.75) is 13.8 Å². The van der Waals surface area contributed by atoms with Crippen molar-refractivity contribution in [2.24, 2.45) is 0 Å². The third kappa shape index (κ3) is 2.91. The van der Waals surface area contributed by atoms with Crippen molar-refractivity contribution in [1.82, 2.24) is 0 Å². The second-order valence-electron chi connectivity index (χ2n) is 4.41. The smallest absolute Gasteiger partial charge is 0.257 e. The third-order valence-electron chi connectivity index (χ3n) is 3.06. The first-order chi connectivity index (χ1) is 9.85. The summed E-state index contributed by atoms with van der Waals surface area (Å²) in [6.45, 7) is 3.70. The number of nitriles is 1. The van der Waals surface area contributed by atoms with Crippen molar-refractivity contribution in [2.75, 3.05) is 11.1 Å². The summed E-state index contributed by atoms with van der Waals surface area (Å²) in [5.74, 6) is -1.05. The number of nitrogens with one attached hydrogen (secondary N) is 1. The highest BCUT2D eigenvalue weighted by Crippen LogP contribution is 2.32. The molecular weight excluding hydrogens is 357 g/mol. The van der Waals surface area contributed by atoms with Crippen LogP contribution >= 0.6 is 27.3 Å². The van der Waals surface area contributed by atoms with Gasteiger partial charge in [0.2, 0.25) is 0 Å². The van der Waals surface area contributed by atoms with Gasteiger partial charge in [0, 0.05) is 9.35 Å². The highest BCUT2D eigenvalue weighted by atomic mass is 79.9. The first kappa shape index (κ1) is 15.5. The third-order valence-corrected chi connectivity index (χ3v) is 4.83. The molecule has 1 amide bonds. The predicted molar refractivity (Wildman–Crippen MR) is 85.0 cm³/mol. The number of rotatable bonds is 2. The van der Waals surface area contributed by atoms with Crippen LogP contribution in [0.5, 0.6) is 0 Å². The first-order valence-corrected chi connectivity index (χ1v) is 7.52. The second kappa shape index (κ2) is 5.84. The second-order valence-corrected chi connectivity index (χ2v) is 6.49. The lowest BCUT2D eigenvalue weighted by molar-refractivity contribution is 0.102. The lowest BCUT2D eigenvalue weighted by Gasteiger charge is -2.07. The Kier molecular flexibility index (Phi) is 4.30. The van der Waals surface area contributed by atoms with Crippen LogP contribution in [0.25, 0.3) is 0 Å². The van der Waals surface area contributed by atoms with Gasteiger partial charge < -0.3 is 11.1 Å². The van der Waals surface area contributed by atoms with Gasteiger partial charge >= 0.3 is 0 Å². The zero-order valence-corrected chi connectivity index (χ0v) is 13.7. The van der Waals surface area contributed by atoms with Gasteiger partial charge in [-0.2, -0.15) is 5.26 Å². The average Bonchev–Trinajstić information content (AvgIpc) is 2.68. The van der Waals surface area contributed by atoms with Gasteiger partial charge in [-0.15, -0.1) is 11.3 Å². The summed E-state index contributed by atoms with van der Waals surface area (Å²) in [6.07, 6.45) is 0. The Labute approximate surface area is 133 Å². The fourth-order valence-electron chi connectivity index (χ4n) is 1.76. The molecule has 2 rings (SSSR count). The normalized spacial score (nSPS) is 10.2. The minimum atomic E-state index is -0.598. The molecule has 7 heteroatoms. The molecule has 0 unspecified atom stereocenters. The van der Waals surface area contributed by atoms with Crippen LogP contribution in [0.4, 0.5) is 15.1 Å². The maximum absolute atomic E-state index is 13.3. The molecule has 0 saturated heterocycles. The van der Waals surface area contributed by atoms with Gasteiger partial charge in [0.1, 0.15) is 16.9 Å². The molecule has 1 aromatic carbocycles. The number of carbonyl (C=O) groups excluding carboxylic acids is 1. The SMILES string of the molecule is Cc1sc(NC(=O)c2cc(N)c(F)cc2Br)c(C#N)c1C. The van der Waals surface area contributed by atoms with Gasteiger partial charge in [0.05, 0.1) is 16.8 Å². The zero-order valence-electron chi connectivity index (χ0n) is 11.3. The number of halogens is 2. The van der Waals surface area contributed by atoms with Gasteiger partial charge in [0.15, 0.2) is 0 Å². The van der Waals surface area contributed by atoms with E-state index in [-0.39, 0.29) is 11.3 Å². The van der Waals surface area contributed by atoms with E-state index in [4.69, 9.17) is 11.0 Å². The minimum Gasteiger partial charge on any atom is -0.396 e. The molecule has 0 atom stereocenters. The Morgan fingerprint density at radius 3 is 2.76 bits per heavy atom. The Bertz CT molecular complexity index is 780. The summed E-state index contributed by atoms with van der Waals surface area (Å²) in [5.41, 5.74) is 6.87. The van der Waals surface area contributed by atoms with Gasteiger partial charge in [-0.3, -0.25) is 4.79 Å². The Balaban J connectivity index is 2.38. The number of nitrogens with zero attached hydrogens (tertiary/aromatic N) is 1. The van der Waals surface area contributed by atoms with Crippen LogP contribution in [0.1, 0.15) is 26.4 Å². The monoisotopic (exact) mass is 367 g/mol. The summed E-state index contributed by atoms with van der Waals surface area (Å²) < 4.78 is 13.6. The molecule has 0 spiro atoms. The number of benzene rings is 1. The molecule has 0 aliphatic carbocycles. The average molecular weight is 368 g/mol. The van der Waals surface area contributed by atoms with Crippen LogP contribution in [0.3, 0.4) is 0 Å². The van der Waals surface area contributed by atoms with E-state index in [2.05, 4.69) is 27.3 Å². The van der Waals surface area contributed by atoms with Crippen LogP contribution in [0.2, 0.25) is 0 Å². The Hall–Kier alpha value is -1.91. The molecule has 21 heavy (non-hydrogen) atoms. The van der Waals surface area contributed by atoms with Gasteiger partial charge in [-0.05, 0) is 47.5 Å². The van der Waals surface area contributed by atoms with E-state index in [0.29, 0.717) is 15.0 Å². The van der Waals surface area contributed by atoms with Crippen molar-refractivity contribution in [3.8, 4) is 6.07 Å². The number of amides is 1. The van der Waals surface area contributed by atoms with E-state index in [1.165, 1.54) is 17.4 Å². The predicted octanol–water partition coefficient (Wildman–Crippen LogP) is 3.97. The molecule has 2 aromatic rings. The molecule has 0 radical (unpaired) electrons. The lowest BCUT2D eigenvalue weighted by atomic mass is 10.1. The molecule has 4 nitrogen and oxygen atoms in total. The topological polar surface area (TPSA) is 78.9 Å². The van der Waals surface area contributed by atoms with Crippen molar-refractivity contribution in [3.05, 3.63) is 44.0 Å². The summed E-state index contributed by atoms with van der Waals surface area (Å²) in [4.78, 5) is 13.2. The number of nitrogens with two attached hydrogens (primary N) is 1. The van der Waals surface area contributed by atoms with E-state index in [1.807, 2.05) is 13.8 Å². The molecule has 0 saturated carbocycles. The molecule has 0 aliphatic heterocycles. The van der Waals surface area contributed by atoms with E-state index >= 15 is 0 Å². The van der Waals surface area contributed by atoms with E-state index < -0.39 is 11.7 Å². The maximum atomic E-state index is 13.3. The summed E-state index contributed by atoms with van der Waals surface area (Å²) in [6, 6.07) is 4.47. The molecule has 0 bridgehead atoms. The quantitative estimate of drug-likeness (QED) is 0.788. The molecule has 1 aromatic heterocycles. The highest BCUT2D eigenvalue weighted by Gasteiger charge is 2.18. The fraction of sp³-hybridized carbons (Fsp3) is 0.143. The Morgan fingerprint density at radius 1 is 1.48 bits per heavy atom. The van der Waals surface area contributed by atoms with Gasteiger partial charge in [-0.1, -0.05) is 0 Å². The summed E-state index contributed by atoms with van der Waals surface area (Å²) in [7, 11) is 0. The zero-order chi connectivity index (χ0) is 15.7. The van der Waals surface area contributed by atoms with Crippen molar-refractivity contribution in [3.63, 3.8) is 0 Å². The van der Waals surface area contributed by atoms with Crippen molar-refractivity contribution in [1.29, 1.82) is 5.26 Å². The summed E-state index contributed by atoms with van der Waals surface area (Å²) >= 11 is 4.46. The van der Waals surface area contributed by atoms with Crippen LogP contribution < -0.4 is 11.1 Å². The maximum Gasteiger partial charge on any atom is 0.257 e. The number of hydrogen-bond acceptors (Lipinski definition) is 4. The van der Waals surface area contributed by atoms with Crippen LogP contribution in [-0.4, -0.2) is 5.91 Å². The van der Waals surface area contributed by atoms with Gasteiger partial charge in [-0.25, -0.2) is 4.39 Å². The first-order valence-electron chi connectivity index (χ1n) is 5.91. The number of carbonyl (C=O) groups is 1. The van der Waals surface area contributed by atoms with Crippen molar-refractivity contribution >= 4 is 43.9 Å². The van der Waals surface area contributed by atoms with Crippen molar-refractivity contribution < 1.29 is 9.18 Å². The van der Waals surface area contributed by atoms with Gasteiger partial charge in [0.25, 0.3) is 5.91 Å². The van der Waals surface area contributed by atoms with E-state index in [9.17, 15) is 9.18 Å². The van der Waals surface area contributed by atoms with Crippen LogP contribution in [0.15, 0.2) is 16.6 Å². The molecular formula is C14H11BrFN3OS. The highest BCUT2D eigenvalue weighted by molar-refractivity contribution is 9.10. The fourth-order valence-corrected chi connectivity index (χ4v) is 3.26. The number of thiophene rings is 1. The number of anilines is 2. The molecule has 1 heterocycles. The number of hydrogen-bond donors (Lipinski definition) is 2. The van der Waals surface area contributed by atoms with E-state index in [0.717, 1.165) is 16.5 Å². The minimum absolute atomic E-state index is 0.109. The Morgan fingerprint density at radius 2 is 2.14 bits per heavy atom.